The van der Waals surface area contributed by atoms with Crippen molar-refractivity contribution in [1.82, 2.24) is 9.97 Å². The summed E-state index contributed by atoms with van der Waals surface area (Å²) in [6.45, 7) is 3.40. The first-order valence-electron chi connectivity index (χ1n) is 10.3. The van der Waals surface area contributed by atoms with Crippen LogP contribution in [-0.2, 0) is 22.0 Å². The molecule has 1 aliphatic carbocycles. The number of nitrogens with zero attached hydrogens (tertiary/aromatic N) is 4. The lowest BCUT2D eigenvalue weighted by atomic mass is 10.2. The fraction of sp³-hybridized carbons (Fsp3) is 0.476. The van der Waals surface area contributed by atoms with E-state index in [1.165, 1.54) is 0 Å². The highest BCUT2D eigenvalue weighted by Crippen LogP contribution is 2.41. The Morgan fingerprint density at radius 3 is 2.63 bits per heavy atom. The average Bonchev–Trinajstić information content (AvgIpc) is 3.42. The second-order valence-corrected chi connectivity index (χ2v) is 9.82. The van der Waals surface area contributed by atoms with E-state index >= 15 is 0 Å². The third-order valence-electron chi connectivity index (χ3n) is 6.06. The number of benzene rings is 1. The van der Waals surface area contributed by atoms with Gasteiger partial charge in [-0.1, -0.05) is 17.7 Å². The Morgan fingerprint density at radius 1 is 1.20 bits per heavy atom. The van der Waals surface area contributed by atoms with Crippen molar-refractivity contribution in [3.05, 3.63) is 35.5 Å². The number of hydrogen-bond acceptors (Lipinski definition) is 7. The molecule has 2 N–H and O–H groups in total. The second kappa shape index (κ2) is 7.31. The summed E-state index contributed by atoms with van der Waals surface area (Å²) in [5, 5.41) is 13.0. The molecule has 1 aromatic heterocycles. The van der Waals surface area contributed by atoms with Gasteiger partial charge in [-0.2, -0.15) is 4.98 Å². The smallest absolute Gasteiger partial charge is 0.246 e. The van der Waals surface area contributed by atoms with Gasteiger partial charge in [-0.25, -0.2) is 4.98 Å². The maximum atomic E-state index is 12.9. The zero-order valence-electron chi connectivity index (χ0n) is 16.9. The largest absolute Gasteiger partial charge is 0.394 e. The van der Waals surface area contributed by atoms with Crippen LogP contribution in [0.1, 0.15) is 24.1 Å². The highest BCUT2D eigenvalue weighted by molar-refractivity contribution is 7.85. The summed E-state index contributed by atoms with van der Waals surface area (Å²) in [5.41, 5.74) is 2.47. The number of rotatable bonds is 5. The molecule has 0 spiro atoms. The van der Waals surface area contributed by atoms with Crippen LogP contribution >= 0.6 is 0 Å². The second-order valence-electron chi connectivity index (χ2n) is 8.31. The summed E-state index contributed by atoms with van der Waals surface area (Å²) < 4.78 is 12.5. The third kappa shape index (κ3) is 3.45. The number of carbonyl (C=O) groups excluding carboxylic acids is 1. The van der Waals surface area contributed by atoms with Crippen LogP contribution in [0.2, 0.25) is 0 Å². The van der Waals surface area contributed by atoms with E-state index < -0.39 is 10.8 Å². The Morgan fingerprint density at radius 2 is 1.97 bits per heavy atom. The van der Waals surface area contributed by atoms with E-state index in [1.807, 2.05) is 36.1 Å². The van der Waals surface area contributed by atoms with Crippen LogP contribution in [0.15, 0.2) is 29.2 Å². The molecular formula is C21H25N5O3S. The average molecular weight is 428 g/mol. The predicted molar refractivity (Wildman–Crippen MR) is 115 cm³/mol. The van der Waals surface area contributed by atoms with E-state index in [-0.39, 0.29) is 24.6 Å². The van der Waals surface area contributed by atoms with Gasteiger partial charge in [-0.15, -0.1) is 0 Å². The van der Waals surface area contributed by atoms with Crippen molar-refractivity contribution in [2.45, 2.75) is 36.6 Å². The number of aliphatic hydroxyl groups is 1. The summed E-state index contributed by atoms with van der Waals surface area (Å²) in [6.07, 6.45) is 2.35. The standard InChI is InChI=1S/C21H25N5O3S/c1-14-2-4-15(5-3-14)26-10-9-25(12-17(26)28)20-22-16-6-11-30(29)18(16)19(23-20)24-21(13-27)7-8-21/h2-5,27H,6-13H2,1H3,(H,22,23,24). The van der Waals surface area contributed by atoms with E-state index in [4.69, 9.17) is 0 Å². The number of aromatic nitrogens is 2. The Hall–Kier alpha value is -2.52. The van der Waals surface area contributed by atoms with E-state index in [1.54, 1.807) is 4.90 Å². The van der Waals surface area contributed by atoms with Gasteiger partial charge in [0.05, 0.1) is 28.6 Å². The van der Waals surface area contributed by atoms with Crippen molar-refractivity contribution in [2.75, 3.05) is 47.1 Å². The lowest BCUT2D eigenvalue weighted by Crippen LogP contribution is -2.51. The number of anilines is 3. The number of aryl methyl sites for hydroxylation is 2. The number of fused-ring (bicyclic) bond motifs is 1. The molecule has 9 heteroatoms. The highest BCUT2D eigenvalue weighted by Gasteiger charge is 2.44. The Balaban J connectivity index is 1.40. The molecule has 30 heavy (non-hydrogen) atoms. The van der Waals surface area contributed by atoms with E-state index in [0.717, 1.165) is 29.8 Å². The highest BCUT2D eigenvalue weighted by atomic mass is 32.2. The molecule has 8 nitrogen and oxygen atoms in total. The number of amides is 1. The molecule has 0 bridgehead atoms. The van der Waals surface area contributed by atoms with Gasteiger partial charge >= 0.3 is 0 Å². The Labute approximate surface area is 177 Å². The van der Waals surface area contributed by atoms with Crippen LogP contribution in [0.4, 0.5) is 17.5 Å². The number of carbonyl (C=O) groups is 1. The summed E-state index contributed by atoms with van der Waals surface area (Å²) in [7, 11) is -1.13. The molecule has 1 amide bonds. The maximum Gasteiger partial charge on any atom is 0.246 e. The molecule has 1 saturated carbocycles. The maximum absolute atomic E-state index is 12.9. The molecule has 1 unspecified atom stereocenters. The summed E-state index contributed by atoms with van der Waals surface area (Å²) in [4.78, 5) is 26.5. The quantitative estimate of drug-likeness (QED) is 0.741. The van der Waals surface area contributed by atoms with Crippen molar-refractivity contribution in [3.8, 4) is 0 Å². The molecule has 3 heterocycles. The van der Waals surface area contributed by atoms with Crippen LogP contribution in [-0.4, -0.2) is 62.7 Å². The van der Waals surface area contributed by atoms with Gasteiger partial charge in [-0.05, 0) is 31.9 Å². The van der Waals surface area contributed by atoms with Crippen molar-refractivity contribution in [1.29, 1.82) is 0 Å². The number of aliphatic hydroxyl groups excluding tert-OH is 1. The molecule has 1 atom stereocenters. The van der Waals surface area contributed by atoms with Crippen molar-refractivity contribution in [3.63, 3.8) is 0 Å². The van der Waals surface area contributed by atoms with Crippen LogP contribution < -0.4 is 15.1 Å². The van der Waals surface area contributed by atoms with Gasteiger partial charge < -0.3 is 20.2 Å². The molecule has 2 aromatic rings. The first-order valence-corrected chi connectivity index (χ1v) is 11.6. The fourth-order valence-corrected chi connectivity index (χ4v) is 5.28. The third-order valence-corrected chi connectivity index (χ3v) is 7.52. The summed E-state index contributed by atoms with van der Waals surface area (Å²) in [5.74, 6) is 1.57. The molecule has 2 aliphatic heterocycles. The number of nitrogens with one attached hydrogen (secondary N) is 1. The van der Waals surface area contributed by atoms with Crippen molar-refractivity contribution < 1.29 is 14.1 Å². The number of piperazine rings is 1. The SMILES string of the molecule is Cc1ccc(N2CCN(c3nc4c(c(NC5(CO)CC5)n3)S(=O)CC4)CC2=O)cc1. The van der Waals surface area contributed by atoms with E-state index in [9.17, 15) is 14.1 Å². The summed E-state index contributed by atoms with van der Waals surface area (Å²) >= 11 is 0. The van der Waals surface area contributed by atoms with Crippen LogP contribution in [0.25, 0.3) is 0 Å². The lowest BCUT2D eigenvalue weighted by molar-refractivity contribution is -0.117. The van der Waals surface area contributed by atoms with Gasteiger partial charge in [0.15, 0.2) is 0 Å². The van der Waals surface area contributed by atoms with Crippen LogP contribution in [0, 0.1) is 6.92 Å². The first-order chi connectivity index (χ1) is 14.5. The normalized spacial score (nSPS) is 22.2. The Kier molecular flexibility index (Phi) is 4.74. The first kappa shape index (κ1) is 19.4. The topological polar surface area (TPSA) is 98.7 Å². The monoisotopic (exact) mass is 427 g/mol. The molecule has 5 rings (SSSR count). The fourth-order valence-electron chi connectivity index (χ4n) is 3.98. The van der Waals surface area contributed by atoms with Gasteiger partial charge in [0.25, 0.3) is 0 Å². The molecule has 0 radical (unpaired) electrons. The Bertz CT molecular complexity index is 1020. The van der Waals surface area contributed by atoms with Crippen LogP contribution in [0.3, 0.4) is 0 Å². The van der Waals surface area contributed by atoms with E-state index in [2.05, 4.69) is 15.3 Å². The van der Waals surface area contributed by atoms with Crippen molar-refractivity contribution >= 4 is 34.2 Å². The van der Waals surface area contributed by atoms with Gasteiger partial charge in [0.1, 0.15) is 17.3 Å². The molecule has 2 fully saturated rings. The lowest BCUT2D eigenvalue weighted by Gasteiger charge is -2.34. The molecular weight excluding hydrogens is 402 g/mol. The predicted octanol–water partition coefficient (Wildman–Crippen LogP) is 1.24. The van der Waals surface area contributed by atoms with E-state index in [0.29, 0.717) is 41.9 Å². The number of hydrogen-bond donors (Lipinski definition) is 2. The van der Waals surface area contributed by atoms with Gasteiger partial charge in [0, 0.05) is 31.0 Å². The van der Waals surface area contributed by atoms with Gasteiger partial charge in [0.2, 0.25) is 11.9 Å². The molecule has 3 aliphatic rings. The van der Waals surface area contributed by atoms with Gasteiger partial charge in [-0.3, -0.25) is 9.00 Å². The zero-order chi connectivity index (χ0) is 20.9. The minimum absolute atomic E-state index is 0.00121. The molecule has 1 aromatic carbocycles. The van der Waals surface area contributed by atoms with Crippen LogP contribution in [0.5, 0.6) is 0 Å². The summed E-state index contributed by atoms with van der Waals surface area (Å²) in [6, 6.07) is 7.95. The molecule has 158 valence electrons. The van der Waals surface area contributed by atoms with Crippen molar-refractivity contribution in [2.24, 2.45) is 0 Å². The molecule has 1 saturated heterocycles. The minimum atomic E-state index is -1.13. The minimum Gasteiger partial charge on any atom is -0.394 e. The zero-order valence-corrected chi connectivity index (χ0v) is 17.7.